The number of nitrogens with one attached hydrogen (secondary N) is 1. The van der Waals surface area contributed by atoms with E-state index < -0.39 is 0 Å². The molecule has 0 bridgehead atoms. The molecule has 0 fully saturated rings. The third-order valence-electron chi connectivity index (χ3n) is 3.08. The minimum Gasteiger partial charge on any atom is -0.325 e. The minimum absolute atomic E-state index is 0.00253. The molecule has 1 N–H and O–H groups in total. The number of aromatic nitrogens is 1. The third kappa shape index (κ3) is 3.80. The number of thiazole rings is 1. The molecule has 0 aliphatic rings. The monoisotopic (exact) mass is 301 g/mol. The van der Waals surface area contributed by atoms with E-state index in [1.165, 1.54) is 11.3 Å². The summed E-state index contributed by atoms with van der Waals surface area (Å²) in [5.74, 6) is -0.154. The predicted octanol–water partition coefficient (Wildman–Crippen LogP) is 2.51. The second-order valence-electron chi connectivity index (χ2n) is 4.60. The molecule has 0 aliphatic heterocycles. The Morgan fingerprint density at radius 3 is 2.86 bits per heavy atom. The average molecular weight is 301 g/mol. The molecule has 0 radical (unpaired) electrons. The second kappa shape index (κ2) is 6.86. The normalized spacial score (nSPS) is 10.1. The van der Waals surface area contributed by atoms with Gasteiger partial charge >= 0.3 is 4.87 Å². The van der Waals surface area contributed by atoms with Gasteiger partial charge in [-0.3, -0.25) is 9.59 Å². The zero-order valence-electron chi connectivity index (χ0n) is 11.6. The molecule has 1 heterocycles. The maximum Gasteiger partial charge on any atom is 0.307 e. The van der Waals surface area contributed by atoms with Gasteiger partial charge in [-0.15, -0.1) is 0 Å². The Labute approximate surface area is 126 Å². The minimum atomic E-state index is -0.154. The van der Waals surface area contributed by atoms with Crippen LogP contribution >= 0.6 is 11.3 Å². The van der Waals surface area contributed by atoms with Gasteiger partial charge < -0.3 is 9.88 Å². The number of nitriles is 1. The summed E-state index contributed by atoms with van der Waals surface area (Å²) in [6, 6.07) is 8.91. The first-order valence-corrected chi connectivity index (χ1v) is 7.43. The molecular formula is C15H15N3O2S. The third-order valence-corrected chi connectivity index (χ3v) is 3.96. The summed E-state index contributed by atoms with van der Waals surface area (Å²) < 4.78 is 1.67. The van der Waals surface area contributed by atoms with Gasteiger partial charge in [0.2, 0.25) is 5.91 Å². The number of carbonyl (C=O) groups is 1. The van der Waals surface area contributed by atoms with E-state index >= 15 is 0 Å². The van der Waals surface area contributed by atoms with E-state index in [2.05, 4.69) is 5.32 Å². The lowest BCUT2D eigenvalue weighted by Crippen LogP contribution is -2.17. The van der Waals surface area contributed by atoms with Crippen molar-refractivity contribution in [2.45, 2.75) is 26.3 Å². The highest BCUT2D eigenvalue weighted by Gasteiger charge is 2.07. The molecule has 0 saturated heterocycles. The van der Waals surface area contributed by atoms with Crippen molar-refractivity contribution in [2.75, 3.05) is 5.32 Å². The summed E-state index contributed by atoms with van der Waals surface area (Å²) in [7, 11) is 0. The average Bonchev–Trinajstić information content (AvgIpc) is 2.79. The first-order chi connectivity index (χ1) is 10.1. The van der Waals surface area contributed by atoms with Crippen molar-refractivity contribution in [2.24, 2.45) is 0 Å². The molecule has 108 valence electrons. The van der Waals surface area contributed by atoms with Crippen molar-refractivity contribution in [3.8, 4) is 6.07 Å². The van der Waals surface area contributed by atoms with Gasteiger partial charge in [-0.25, -0.2) is 0 Å². The van der Waals surface area contributed by atoms with Crippen LogP contribution < -0.4 is 10.2 Å². The van der Waals surface area contributed by atoms with E-state index in [0.29, 0.717) is 30.6 Å². The van der Waals surface area contributed by atoms with Crippen molar-refractivity contribution in [3.63, 3.8) is 0 Å². The molecule has 1 aromatic carbocycles. The fourth-order valence-corrected chi connectivity index (χ4v) is 2.74. The summed E-state index contributed by atoms with van der Waals surface area (Å²) >= 11 is 1.17. The van der Waals surface area contributed by atoms with Crippen LogP contribution in [0.25, 0.3) is 0 Å². The van der Waals surface area contributed by atoms with Crippen molar-refractivity contribution >= 4 is 22.9 Å². The number of rotatable bonds is 5. The predicted molar refractivity (Wildman–Crippen MR) is 82.3 cm³/mol. The van der Waals surface area contributed by atoms with Gasteiger partial charge in [0.1, 0.15) is 6.07 Å². The number of amides is 1. The van der Waals surface area contributed by atoms with Crippen LogP contribution in [0.2, 0.25) is 0 Å². The number of hydrogen-bond donors (Lipinski definition) is 1. The number of nitrogens with zero attached hydrogens (tertiary/aromatic N) is 2. The van der Waals surface area contributed by atoms with Gasteiger partial charge in [0, 0.05) is 24.0 Å². The highest BCUT2D eigenvalue weighted by Crippen LogP contribution is 2.14. The number of anilines is 1. The van der Waals surface area contributed by atoms with Gasteiger partial charge in [-0.2, -0.15) is 5.26 Å². The number of benzene rings is 1. The Hall–Kier alpha value is -2.39. The molecule has 21 heavy (non-hydrogen) atoms. The fourth-order valence-electron chi connectivity index (χ4n) is 1.97. The molecular weight excluding hydrogens is 286 g/mol. The van der Waals surface area contributed by atoms with Gasteiger partial charge in [0.25, 0.3) is 0 Å². The molecule has 0 aliphatic carbocycles. The fraction of sp³-hybridized carbons (Fsp3) is 0.267. The SMILES string of the molecule is Cc1csc(=O)n1CCCC(=O)Nc1ccccc1C#N. The summed E-state index contributed by atoms with van der Waals surface area (Å²) in [6.07, 6.45) is 0.888. The molecule has 0 atom stereocenters. The Balaban J connectivity index is 1.89. The number of carbonyl (C=O) groups excluding carboxylic acids is 1. The zero-order valence-corrected chi connectivity index (χ0v) is 12.4. The van der Waals surface area contributed by atoms with Crippen LogP contribution in [0.1, 0.15) is 24.1 Å². The molecule has 0 unspecified atom stereocenters. The van der Waals surface area contributed by atoms with Crippen molar-refractivity contribution < 1.29 is 4.79 Å². The summed E-state index contributed by atoms with van der Waals surface area (Å²) in [6.45, 7) is 2.41. The van der Waals surface area contributed by atoms with E-state index in [1.54, 1.807) is 28.8 Å². The molecule has 6 heteroatoms. The highest BCUT2D eigenvalue weighted by atomic mass is 32.1. The van der Waals surface area contributed by atoms with E-state index in [0.717, 1.165) is 5.69 Å². The van der Waals surface area contributed by atoms with Gasteiger partial charge in [0.15, 0.2) is 0 Å². The maximum atomic E-state index is 11.9. The lowest BCUT2D eigenvalue weighted by atomic mass is 10.2. The topological polar surface area (TPSA) is 74.9 Å². The molecule has 0 spiro atoms. The first kappa shape index (κ1) is 15.0. The standard InChI is InChI=1S/C15H15N3O2S/c1-11-10-21-15(20)18(11)8-4-7-14(19)17-13-6-3-2-5-12(13)9-16/h2-3,5-6,10H,4,7-8H2,1H3,(H,17,19). The summed E-state index contributed by atoms with van der Waals surface area (Å²) in [5.41, 5.74) is 1.88. The van der Waals surface area contributed by atoms with Crippen molar-refractivity contribution in [1.29, 1.82) is 5.26 Å². The smallest absolute Gasteiger partial charge is 0.307 e. The number of hydrogen-bond acceptors (Lipinski definition) is 4. The lowest BCUT2D eigenvalue weighted by molar-refractivity contribution is -0.116. The Morgan fingerprint density at radius 2 is 2.19 bits per heavy atom. The van der Waals surface area contributed by atoms with E-state index in [-0.39, 0.29) is 10.8 Å². The quantitative estimate of drug-likeness (QED) is 0.922. The molecule has 1 amide bonds. The van der Waals surface area contributed by atoms with Crippen LogP contribution in [0.5, 0.6) is 0 Å². The van der Waals surface area contributed by atoms with Crippen LogP contribution in [0, 0.1) is 18.3 Å². The van der Waals surface area contributed by atoms with Crippen LogP contribution in [0.15, 0.2) is 34.4 Å². The molecule has 2 aromatic rings. The number of aryl methyl sites for hydroxylation is 1. The maximum absolute atomic E-state index is 11.9. The first-order valence-electron chi connectivity index (χ1n) is 6.55. The van der Waals surface area contributed by atoms with Crippen molar-refractivity contribution in [1.82, 2.24) is 4.57 Å². The molecule has 2 rings (SSSR count). The Bertz CT molecular complexity index is 740. The Kier molecular flexibility index (Phi) is 4.90. The zero-order chi connectivity index (χ0) is 15.2. The van der Waals surface area contributed by atoms with Crippen molar-refractivity contribution in [3.05, 3.63) is 50.6 Å². The van der Waals surface area contributed by atoms with E-state index in [9.17, 15) is 9.59 Å². The lowest BCUT2D eigenvalue weighted by Gasteiger charge is -2.07. The van der Waals surface area contributed by atoms with E-state index in [4.69, 9.17) is 5.26 Å². The summed E-state index contributed by atoms with van der Waals surface area (Å²) in [4.78, 5) is 23.4. The van der Waals surface area contributed by atoms with Gasteiger partial charge in [-0.05, 0) is 25.5 Å². The number of para-hydroxylation sites is 1. The van der Waals surface area contributed by atoms with Gasteiger partial charge in [0.05, 0.1) is 11.3 Å². The van der Waals surface area contributed by atoms with Crippen LogP contribution in [-0.2, 0) is 11.3 Å². The van der Waals surface area contributed by atoms with Crippen LogP contribution in [0.4, 0.5) is 5.69 Å². The Morgan fingerprint density at radius 1 is 1.43 bits per heavy atom. The van der Waals surface area contributed by atoms with Crippen LogP contribution in [-0.4, -0.2) is 10.5 Å². The largest absolute Gasteiger partial charge is 0.325 e. The van der Waals surface area contributed by atoms with E-state index in [1.807, 2.05) is 18.4 Å². The molecule has 1 aromatic heterocycles. The second-order valence-corrected chi connectivity index (χ2v) is 5.42. The van der Waals surface area contributed by atoms with Gasteiger partial charge in [-0.1, -0.05) is 23.5 Å². The van der Waals surface area contributed by atoms with Crippen LogP contribution in [0.3, 0.4) is 0 Å². The summed E-state index contributed by atoms with van der Waals surface area (Å²) in [5, 5.41) is 13.5. The highest BCUT2D eigenvalue weighted by molar-refractivity contribution is 7.07. The molecule has 0 saturated carbocycles. The molecule has 5 nitrogen and oxygen atoms in total.